The van der Waals surface area contributed by atoms with Crippen molar-refractivity contribution in [3.05, 3.63) is 41.5 Å². The third-order valence-corrected chi connectivity index (χ3v) is 2.52. The molecule has 0 saturated carbocycles. The second kappa shape index (κ2) is 3.28. The molecule has 0 amide bonds. The molecule has 0 spiro atoms. The fraction of sp³-hybridized carbons (Fsp3) is 0.0833. The number of carboxylic acids is 1. The topological polar surface area (TPSA) is 63.3 Å². The normalized spacial score (nSPS) is 10.5. The first-order valence-electron chi connectivity index (χ1n) is 4.62. The van der Waals surface area contributed by atoms with E-state index < -0.39 is 5.97 Å². The second-order valence-corrected chi connectivity index (χ2v) is 3.50. The van der Waals surface area contributed by atoms with Gasteiger partial charge < -0.3 is 10.8 Å². The predicted molar refractivity (Wildman–Crippen MR) is 60.1 cm³/mol. The van der Waals surface area contributed by atoms with Crippen LogP contribution in [0.1, 0.15) is 15.9 Å². The molecule has 0 fully saturated rings. The molecule has 3 N–H and O–H groups in total. The highest BCUT2D eigenvalue weighted by molar-refractivity contribution is 6.08. The summed E-state index contributed by atoms with van der Waals surface area (Å²) in [4.78, 5) is 11.1. The molecule has 3 heteroatoms. The highest BCUT2D eigenvalue weighted by Crippen LogP contribution is 2.26. The van der Waals surface area contributed by atoms with Crippen LogP contribution in [-0.2, 0) is 0 Å². The summed E-state index contributed by atoms with van der Waals surface area (Å²) in [7, 11) is 0. The Balaban J connectivity index is 2.94. The first kappa shape index (κ1) is 9.52. The molecule has 0 bridgehead atoms. The quantitative estimate of drug-likeness (QED) is 0.696. The van der Waals surface area contributed by atoms with E-state index in [4.69, 9.17) is 10.8 Å². The van der Waals surface area contributed by atoms with Gasteiger partial charge >= 0.3 is 5.97 Å². The van der Waals surface area contributed by atoms with E-state index >= 15 is 0 Å². The summed E-state index contributed by atoms with van der Waals surface area (Å²) >= 11 is 0. The van der Waals surface area contributed by atoms with Gasteiger partial charge in [-0.15, -0.1) is 0 Å². The Kier molecular flexibility index (Phi) is 2.08. The van der Waals surface area contributed by atoms with E-state index in [1.165, 1.54) is 0 Å². The number of nitrogen functional groups attached to an aromatic ring is 1. The highest BCUT2D eigenvalue weighted by Gasteiger charge is 2.12. The number of rotatable bonds is 1. The number of carboxylic acid groups (broad SMARTS) is 1. The molecule has 2 rings (SSSR count). The van der Waals surface area contributed by atoms with Gasteiger partial charge in [0.05, 0.1) is 5.56 Å². The predicted octanol–water partition coefficient (Wildman–Crippen LogP) is 2.43. The average Bonchev–Trinajstić information content (AvgIpc) is 2.17. The molecular formula is C12H11NO2. The van der Waals surface area contributed by atoms with E-state index in [0.717, 1.165) is 10.9 Å². The number of nitrogens with two attached hydrogens (primary N) is 1. The molecule has 76 valence electrons. The van der Waals surface area contributed by atoms with Crippen LogP contribution in [0.15, 0.2) is 30.3 Å². The Hall–Kier alpha value is -2.03. The minimum atomic E-state index is -0.913. The minimum absolute atomic E-state index is 0.333. The number of carbonyl (C=O) groups is 1. The molecule has 0 radical (unpaired) electrons. The van der Waals surface area contributed by atoms with Crippen molar-refractivity contribution in [3.63, 3.8) is 0 Å². The zero-order chi connectivity index (χ0) is 11.0. The molecule has 0 saturated heterocycles. The summed E-state index contributed by atoms with van der Waals surface area (Å²) in [6.07, 6.45) is 0. The molecule has 0 aliphatic heterocycles. The van der Waals surface area contributed by atoms with E-state index in [0.29, 0.717) is 16.6 Å². The van der Waals surface area contributed by atoms with E-state index in [2.05, 4.69) is 0 Å². The lowest BCUT2D eigenvalue weighted by Crippen LogP contribution is -2.01. The van der Waals surface area contributed by atoms with Crippen LogP contribution in [0.4, 0.5) is 5.69 Å². The first-order chi connectivity index (χ1) is 7.11. The van der Waals surface area contributed by atoms with Crippen LogP contribution in [0.2, 0.25) is 0 Å². The summed E-state index contributed by atoms with van der Waals surface area (Å²) in [6.45, 7) is 1.78. The number of fused-ring (bicyclic) bond motifs is 1. The fourth-order valence-corrected chi connectivity index (χ4v) is 1.78. The van der Waals surface area contributed by atoms with Gasteiger partial charge in [-0.25, -0.2) is 4.79 Å². The minimum Gasteiger partial charge on any atom is -0.478 e. The Bertz CT molecular complexity index is 547. The van der Waals surface area contributed by atoms with Gasteiger partial charge in [-0.3, -0.25) is 0 Å². The first-order valence-corrected chi connectivity index (χ1v) is 4.62. The fourth-order valence-electron chi connectivity index (χ4n) is 1.78. The van der Waals surface area contributed by atoms with Crippen molar-refractivity contribution in [1.29, 1.82) is 0 Å². The van der Waals surface area contributed by atoms with Gasteiger partial charge in [0.25, 0.3) is 0 Å². The largest absolute Gasteiger partial charge is 0.478 e. The molecule has 15 heavy (non-hydrogen) atoms. The monoisotopic (exact) mass is 201 g/mol. The number of hydrogen-bond donors (Lipinski definition) is 2. The molecule has 0 unspecified atom stereocenters. The van der Waals surface area contributed by atoms with Crippen LogP contribution in [0, 0.1) is 6.92 Å². The lowest BCUT2D eigenvalue weighted by Gasteiger charge is -2.07. The summed E-state index contributed by atoms with van der Waals surface area (Å²) in [5, 5.41) is 10.6. The lowest BCUT2D eigenvalue weighted by atomic mass is 9.99. The molecule has 0 atom stereocenters. The summed E-state index contributed by atoms with van der Waals surface area (Å²) in [5.41, 5.74) is 7.47. The Labute approximate surface area is 87.1 Å². The van der Waals surface area contributed by atoms with Crippen molar-refractivity contribution in [2.24, 2.45) is 0 Å². The molecule has 0 aliphatic carbocycles. The van der Waals surface area contributed by atoms with Crippen LogP contribution in [0.25, 0.3) is 10.8 Å². The number of anilines is 1. The number of hydrogen-bond acceptors (Lipinski definition) is 2. The van der Waals surface area contributed by atoms with Gasteiger partial charge in [0.15, 0.2) is 0 Å². The maximum absolute atomic E-state index is 11.1. The highest BCUT2D eigenvalue weighted by atomic mass is 16.4. The Morgan fingerprint density at radius 2 is 1.93 bits per heavy atom. The average molecular weight is 201 g/mol. The molecule has 0 aromatic heterocycles. The van der Waals surface area contributed by atoms with Crippen LogP contribution >= 0.6 is 0 Å². The summed E-state index contributed by atoms with van der Waals surface area (Å²) in [6, 6.07) is 8.95. The summed E-state index contributed by atoms with van der Waals surface area (Å²) in [5.74, 6) is -0.913. The van der Waals surface area contributed by atoms with Crippen molar-refractivity contribution in [1.82, 2.24) is 0 Å². The lowest BCUT2D eigenvalue weighted by molar-refractivity contribution is 0.0698. The van der Waals surface area contributed by atoms with E-state index in [9.17, 15) is 4.79 Å². The number of benzene rings is 2. The maximum Gasteiger partial charge on any atom is 0.336 e. The van der Waals surface area contributed by atoms with Crippen molar-refractivity contribution in [3.8, 4) is 0 Å². The zero-order valence-corrected chi connectivity index (χ0v) is 8.32. The van der Waals surface area contributed by atoms with Crippen molar-refractivity contribution in [2.45, 2.75) is 6.92 Å². The van der Waals surface area contributed by atoms with Crippen LogP contribution < -0.4 is 5.73 Å². The van der Waals surface area contributed by atoms with Crippen LogP contribution in [0.3, 0.4) is 0 Å². The molecule has 2 aromatic carbocycles. The van der Waals surface area contributed by atoms with Gasteiger partial charge in [0, 0.05) is 11.1 Å². The molecule has 2 aromatic rings. The summed E-state index contributed by atoms with van der Waals surface area (Å²) < 4.78 is 0. The zero-order valence-electron chi connectivity index (χ0n) is 8.32. The second-order valence-electron chi connectivity index (χ2n) is 3.50. The third kappa shape index (κ3) is 1.42. The van der Waals surface area contributed by atoms with E-state index in [1.807, 2.05) is 6.07 Å². The number of aryl methyl sites for hydroxylation is 1. The Morgan fingerprint density at radius 1 is 1.20 bits per heavy atom. The maximum atomic E-state index is 11.1. The molecular weight excluding hydrogens is 190 g/mol. The van der Waals surface area contributed by atoms with Crippen molar-refractivity contribution >= 4 is 22.4 Å². The number of aromatic carboxylic acids is 1. The van der Waals surface area contributed by atoms with Gasteiger partial charge in [0.1, 0.15) is 0 Å². The molecule has 3 nitrogen and oxygen atoms in total. The molecule has 0 aliphatic rings. The molecule has 0 heterocycles. The van der Waals surface area contributed by atoms with Gasteiger partial charge in [-0.05, 0) is 23.9 Å². The van der Waals surface area contributed by atoms with Gasteiger partial charge in [-0.2, -0.15) is 0 Å². The van der Waals surface area contributed by atoms with E-state index in [-0.39, 0.29) is 0 Å². The third-order valence-electron chi connectivity index (χ3n) is 2.52. The van der Waals surface area contributed by atoms with Gasteiger partial charge in [0.2, 0.25) is 0 Å². The van der Waals surface area contributed by atoms with Gasteiger partial charge in [-0.1, -0.05) is 24.3 Å². The van der Waals surface area contributed by atoms with Crippen LogP contribution in [-0.4, -0.2) is 11.1 Å². The van der Waals surface area contributed by atoms with Crippen molar-refractivity contribution < 1.29 is 9.90 Å². The van der Waals surface area contributed by atoms with E-state index in [1.54, 1.807) is 31.2 Å². The standard InChI is InChI=1S/C12H11NO2/c1-7-5-6-8-9(11(7)12(14)15)3-2-4-10(8)13/h2-6H,13H2,1H3,(H,14,15). The Morgan fingerprint density at radius 3 is 2.60 bits per heavy atom. The van der Waals surface area contributed by atoms with Crippen molar-refractivity contribution in [2.75, 3.05) is 5.73 Å². The van der Waals surface area contributed by atoms with Crippen LogP contribution in [0.5, 0.6) is 0 Å². The smallest absolute Gasteiger partial charge is 0.336 e. The SMILES string of the molecule is Cc1ccc2c(N)cccc2c1C(=O)O.